The number of ether oxygens (including phenoxy) is 2. The van der Waals surface area contributed by atoms with Gasteiger partial charge in [-0.1, -0.05) is 48.5 Å². The van der Waals surface area contributed by atoms with Gasteiger partial charge in [0.15, 0.2) is 5.96 Å². The summed E-state index contributed by atoms with van der Waals surface area (Å²) in [6, 6.07) is 17.4. The molecule has 0 aliphatic carbocycles. The minimum atomic E-state index is 0.0771. The molecule has 6 heteroatoms. The van der Waals surface area contributed by atoms with Gasteiger partial charge < -0.3 is 19.7 Å². The van der Waals surface area contributed by atoms with E-state index in [1.165, 1.54) is 22.3 Å². The first-order chi connectivity index (χ1) is 15.7. The second kappa shape index (κ2) is 11.5. The molecule has 172 valence electrons. The minimum absolute atomic E-state index is 0.0771. The van der Waals surface area contributed by atoms with E-state index < -0.39 is 0 Å². The Labute approximate surface area is 192 Å². The van der Waals surface area contributed by atoms with Crippen LogP contribution < -0.4 is 5.32 Å². The maximum Gasteiger partial charge on any atom is 0.194 e. The third-order valence-corrected chi connectivity index (χ3v) is 6.18. The van der Waals surface area contributed by atoms with E-state index in [9.17, 15) is 0 Å². The molecule has 0 saturated carbocycles. The highest BCUT2D eigenvalue weighted by atomic mass is 16.5. The Morgan fingerprint density at radius 2 is 1.75 bits per heavy atom. The van der Waals surface area contributed by atoms with Gasteiger partial charge in [-0.25, -0.2) is 4.99 Å². The van der Waals surface area contributed by atoms with Crippen LogP contribution in [0.15, 0.2) is 53.5 Å². The minimum Gasteiger partial charge on any atom is -0.379 e. The quantitative estimate of drug-likeness (QED) is 0.556. The van der Waals surface area contributed by atoms with Crippen molar-refractivity contribution < 1.29 is 9.47 Å². The number of hydrogen-bond acceptors (Lipinski definition) is 4. The Bertz CT molecular complexity index is 878. The molecule has 2 aliphatic rings. The summed E-state index contributed by atoms with van der Waals surface area (Å²) in [5, 5.41) is 3.48. The molecule has 6 nitrogen and oxygen atoms in total. The largest absolute Gasteiger partial charge is 0.379 e. The van der Waals surface area contributed by atoms with Crippen LogP contribution in [-0.4, -0.2) is 68.3 Å². The van der Waals surface area contributed by atoms with E-state index in [-0.39, 0.29) is 6.10 Å². The van der Waals surface area contributed by atoms with E-state index >= 15 is 0 Å². The van der Waals surface area contributed by atoms with Crippen LogP contribution in [0.3, 0.4) is 0 Å². The van der Waals surface area contributed by atoms with Gasteiger partial charge in [-0.2, -0.15) is 0 Å². The van der Waals surface area contributed by atoms with E-state index in [0.29, 0.717) is 13.2 Å². The number of aliphatic imine (C=N–C) groups is 1. The molecule has 4 rings (SSSR count). The van der Waals surface area contributed by atoms with E-state index in [1.54, 1.807) is 0 Å². The summed E-state index contributed by atoms with van der Waals surface area (Å²) in [4.78, 5) is 9.73. The number of nitrogens with zero attached hydrogens (tertiary/aromatic N) is 3. The van der Waals surface area contributed by atoms with Gasteiger partial charge in [-0.15, -0.1) is 0 Å². The number of benzene rings is 2. The van der Waals surface area contributed by atoms with Crippen LogP contribution in [0.4, 0.5) is 0 Å². The van der Waals surface area contributed by atoms with Crippen molar-refractivity contribution in [3.63, 3.8) is 0 Å². The first-order valence-corrected chi connectivity index (χ1v) is 11.8. The van der Waals surface area contributed by atoms with Gasteiger partial charge in [0.25, 0.3) is 0 Å². The number of morpholine rings is 2. The summed E-state index contributed by atoms with van der Waals surface area (Å²) in [7, 11) is 0. The molecular formula is C26H36N4O2. The van der Waals surface area contributed by atoms with Crippen LogP contribution in [0.2, 0.25) is 0 Å². The SMILES string of the molecule is CCNC(=NCc1ccc(CN2CCOCC2)cc1)N1CCOC(c2ccccc2C)C1. The van der Waals surface area contributed by atoms with E-state index in [2.05, 4.69) is 77.5 Å². The normalized spacial score (nSPS) is 20.4. The van der Waals surface area contributed by atoms with Crippen molar-refractivity contribution in [3.05, 3.63) is 70.8 Å². The molecule has 0 spiro atoms. The first kappa shape index (κ1) is 22.8. The van der Waals surface area contributed by atoms with Crippen LogP contribution >= 0.6 is 0 Å². The van der Waals surface area contributed by atoms with Gasteiger partial charge >= 0.3 is 0 Å². The standard InChI is InChI=1S/C26H36N4O2/c1-3-27-26(30-14-17-32-25(20-30)24-7-5-4-6-21(24)2)28-18-22-8-10-23(11-9-22)19-29-12-15-31-16-13-29/h4-11,25H,3,12-20H2,1-2H3,(H,27,28). The summed E-state index contributed by atoms with van der Waals surface area (Å²) >= 11 is 0. The Morgan fingerprint density at radius 3 is 2.50 bits per heavy atom. The highest BCUT2D eigenvalue weighted by molar-refractivity contribution is 5.80. The number of hydrogen-bond donors (Lipinski definition) is 1. The highest BCUT2D eigenvalue weighted by Crippen LogP contribution is 2.25. The zero-order valence-corrected chi connectivity index (χ0v) is 19.4. The maximum atomic E-state index is 6.11. The highest BCUT2D eigenvalue weighted by Gasteiger charge is 2.25. The summed E-state index contributed by atoms with van der Waals surface area (Å²) in [6.07, 6.45) is 0.0771. The van der Waals surface area contributed by atoms with Gasteiger partial charge in [-0.05, 0) is 36.1 Å². The van der Waals surface area contributed by atoms with Crippen molar-refractivity contribution in [2.24, 2.45) is 4.99 Å². The zero-order valence-electron chi connectivity index (χ0n) is 19.4. The molecule has 32 heavy (non-hydrogen) atoms. The van der Waals surface area contributed by atoms with Crippen LogP contribution in [0.5, 0.6) is 0 Å². The lowest BCUT2D eigenvalue weighted by atomic mass is 10.0. The Kier molecular flexibility index (Phi) is 8.15. The van der Waals surface area contributed by atoms with Crippen LogP contribution in [0, 0.1) is 6.92 Å². The lowest BCUT2D eigenvalue weighted by Gasteiger charge is -2.35. The number of rotatable bonds is 6. The molecule has 2 aromatic rings. The predicted molar refractivity (Wildman–Crippen MR) is 129 cm³/mol. The Hall–Kier alpha value is -2.41. The second-order valence-electron chi connectivity index (χ2n) is 8.54. The summed E-state index contributed by atoms with van der Waals surface area (Å²) in [6.45, 7) is 12.9. The van der Waals surface area contributed by atoms with Gasteiger partial charge in [0.05, 0.1) is 32.9 Å². The summed E-state index contributed by atoms with van der Waals surface area (Å²) < 4.78 is 11.5. The Morgan fingerprint density at radius 1 is 1.00 bits per heavy atom. The maximum absolute atomic E-state index is 6.11. The van der Waals surface area contributed by atoms with Crippen molar-refractivity contribution in [2.45, 2.75) is 33.0 Å². The average Bonchev–Trinajstić information content (AvgIpc) is 2.84. The topological polar surface area (TPSA) is 49.3 Å². The smallest absolute Gasteiger partial charge is 0.194 e. The van der Waals surface area contributed by atoms with E-state index in [4.69, 9.17) is 14.5 Å². The molecule has 1 atom stereocenters. The molecule has 0 aromatic heterocycles. The number of nitrogens with one attached hydrogen (secondary N) is 1. The van der Waals surface area contributed by atoms with Gasteiger partial charge in [0.1, 0.15) is 6.10 Å². The van der Waals surface area contributed by atoms with Crippen molar-refractivity contribution in [3.8, 4) is 0 Å². The molecule has 2 fully saturated rings. The van der Waals surface area contributed by atoms with Gasteiger partial charge in [0.2, 0.25) is 0 Å². The third-order valence-electron chi connectivity index (χ3n) is 6.18. The fourth-order valence-corrected chi connectivity index (χ4v) is 4.34. The van der Waals surface area contributed by atoms with Crippen LogP contribution in [0.25, 0.3) is 0 Å². The third kappa shape index (κ3) is 6.09. The molecule has 2 aliphatic heterocycles. The molecule has 2 aromatic carbocycles. The van der Waals surface area contributed by atoms with Crippen LogP contribution in [-0.2, 0) is 22.6 Å². The van der Waals surface area contributed by atoms with Crippen molar-refractivity contribution in [1.29, 1.82) is 0 Å². The first-order valence-electron chi connectivity index (χ1n) is 11.8. The summed E-state index contributed by atoms with van der Waals surface area (Å²) in [5.41, 5.74) is 5.12. The monoisotopic (exact) mass is 436 g/mol. The lowest BCUT2D eigenvalue weighted by molar-refractivity contribution is -0.00834. The van der Waals surface area contributed by atoms with Crippen molar-refractivity contribution in [2.75, 3.05) is 52.5 Å². The van der Waals surface area contributed by atoms with E-state index in [1.807, 2.05) is 0 Å². The molecular weight excluding hydrogens is 400 g/mol. The van der Waals surface area contributed by atoms with Gasteiger partial charge in [-0.3, -0.25) is 4.90 Å². The average molecular weight is 437 g/mol. The molecule has 1 N–H and O–H groups in total. The molecule has 1 unspecified atom stereocenters. The molecule has 2 heterocycles. The fourth-order valence-electron chi connectivity index (χ4n) is 4.34. The Balaban J connectivity index is 1.38. The lowest BCUT2D eigenvalue weighted by Crippen LogP contribution is -2.48. The number of aryl methyl sites for hydroxylation is 1. The van der Waals surface area contributed by atoms with Crippen molar-refractivity contribution in [1.82, 2.24) is 15.1 Å². The molecule has 0 radical (unpaired) electrons. The number of guanidine groups is 1. The second-order valence-corrected chi connectivity index (χ2v) is 8.54. The van der Waals surface area contributed by atoms with E-state index in [0.717, 1.165) is 58.4 Å². The molecule has 0 amide bonds. The van der Waals surface area contributed by atoms with Crippen LogP contribution in [0.1, 0.15) is 35.3 Å². The molecule has 0 bridgehead atoms. The fraction of sp³-hybridized carbons (Fsp3) is 0.500. The van der Waals surface area contributed by atoms with Crippen molar-refractivity contribution >= 4 is 5.96 Å². The van der Waals surface area contributed by atoms with Gasteiger partial charge in [0, 0.05) is 32.7 Å². The molecule has 2 saturated heterocycles. The summed E-state index contributed by atoms with van der Waals surface area (Å²) in [5.74, 6) is 0.965. The zero-order chi connectivity index (χ0) is 22.2. The predicted octanol–water partition coefficient (Wildman–Crippen LogP) is 3.37.